The molecule has 0 amide bonds. The summed E-state index contributed by atoms with van der Waals surface area (Å²) in [5, 5.41) is 37.8. The molecule has 0 aliphatic rings. The third-order valence-corrected chi connectivity index (χ3v) is 5.21. The zero-order valence-corrected chi connectivity index (χ0v) is 17.4. The largest absolute Gasteiger partial charge is 0.276 e. The second-order valence-corrected chi connectivity index (χ2v) is 7.34. The number of H-pyrrole nitrogens is 1. The number of non-ortho nitro benzene ring substituents is 2. The fourth-order valence-corrected chi connectivity index (χ4v) is 3.50. The minimum Gasteiger partial charge on any atom is -0.276 e. The minimum absolute atomic E-state index is 0.00708. The lowest BCUT2D eigenvalue weighted by molar-refractivity contribution is -0.385. The van der Waals surface area contributed by atoms with Crippen LogP contribution in [0.4, 0.5) is 11.4 Å². The van der Waals surface area contributed by atoms with Gasteiger partial charge in [-0.25, -0.2) is 4.68 Å². The maximum absolute atomic E-state index is 11.0. The summed E-state index contributed by atoms with van der Waals surface area (Å²) in [5.74, 6) is 0. The average Bonchev–Trinajstić information content (AvgIpc) is 3.51. The van der Waals surface area contributed by atoms with Gasteiger partial charge >= 0.3 is 0 Å². The Morgan fingerprint density at radius 3 is 2.21 bits per heavy atom. The second kappa shape index (κ2) is 8.39. The average molecular weight is 453 g/mol. The van der Waals surface area contributed by atoms with E-state index in [9.17, 15) is 20.2 Å². The Bertz CT molecular complexity index is 1550. The van der Waals surface area contributed by atoms with Crippen LogP contribution in [0.1, 0.15) is 11.3 Å². The van der Waals surface area contributed by atoms with Crippen LogP contribution >= 0.6 is 0 Å². The highest BCUT2D eigenvalue weighted by Crippen LogP contribution is 2.27. The summed E-state index contributed by atoms with van der Waals surface area (Å²) >= 11 is 0. The Balaban J connectivity index is 1.60. The first-order chi connectivity index (χ1) is 16.5. The number of hydrogen-bond acceptors (Lipinski definition) is 7. The summed E-state index contributed by atoms with van der Waals surface area (Å²) in [6.07, 6.45) is 1.82. The van der Waals surface area contributed by atoms with Gasteiger partial charge in [0, 0.05) is 29.8 Å². The van der Waals surface area contributed by atoms with Crippen LogP contribution in [0.2, 0.25) is 0 Å². The van der Waals surface area contributed by atoms with Gasteiger partial charge in [-0.3, -0.25) is 25.3 Å². The van der Waals surface area contributed by atoms with E-state index in [1.165, 1.54) is 24.3 Å². The summed E-state index contributed by atoms with van der Waals surface area (Å²) in [5.41, 5.74) is 4.68. The van der Waals surface area contributed by atoms with Crippen molar-refractivity contribution in [3.05, 3.63) is 110 Å². The Labute approximate surface area is 191 Å². The summed E-state index contributed by atoms with van der Waals surface area (Å²) < 4.78 is 1.66. The molecule has 5 rings (SSSR count). The van der Waals surface area contributed by atoms with Gasteiger partial charge < -0.3 is 0 Å². The van der Waals surface area contributed by atoms with Crippen LogP contribution in [0.5, 0.6) is 0 Å². The third-order valence-electron chi connectivity index (χ3n) is 5.21. The van der Waals surface area contributed by atoms with E-state index in [0.717, 1.165) is 5.52 Å². The maximum Gasteiger partial charge on any atom is 0.269 e. The van der Waals surface area contributed by atoms with Crippen LogP contribution in [0.3, 0.4) is 0 Å². The SMILES string of the molecule is O=[N+]([O-])c1ccc(/C=C(\c2cc(-c3ccc([N+](=O)[O-])cc3)n[nH]2)n2nnc3ccccc32)cc1. The van der Waals surface area contributed by atoms with Crippen molar-refractivity contribution in [2.45, 2.75) is 0 Å². The number of hydrogen-bond donors (Lipinski definition) is 1. The summed E-state index contributed by atoms with van der Waals surface area (Å²) in [6, 6.07) is 21.5. The van der Waals surface area contributed by atoms with Crippen molar-refractivity contribution < 1.29 is 9.85 Å². The molecule has 0 bridgehead atoms. The molecule has 0 unspecified atom stereocenters. The summed E-state index contributed by atoms with van der Waals surface area (Å²) in [7, 11) is 0. The van der Waals surface area contributed by atoms with Crippen molar-refractivity contribution in [1.82, 2.24) is 25.2 Å². The van der Waals surface area contributed by atoms with E-state index in [1.807, 2.05) is 30.3 Å². The molecule has 2 aromatic heterocycles. The highest BCUT2D eigenvalue weighted by atomic mass is 16.6. The number of fused-ring (bicyclic) bond motifs is 1. The molecule has 1 N–H and O–H groups in total. The molecule has 34 heavy (non-hydrogen) atoms. The van der Waals surface area contributed by atoms with E-state index in [4.69, 9.17) is 0 Å². The van der Waals surface area contributed by atoms with Crippen molar-refractivity contribution in [2.24, 2.45) is 0 Å². The predicted octanol–water partition coefficient (Wildman–Crippen LogP) is 4.68. The van der Waals surface area contributed by atoms with Gasteiger partial charge in [-0.15, -0.1) is 5.10 Å². The van der Waals surface area contributed by atoms with Gasteiger partial charge in [0.25, 0.3) is 11.4 Å². The van der Waals surface area contributed by atoms with Crippen LogP contribution in [0.25, 0.3) is 34.1 Å². The molecule has 0 aliphatic carbocycles. The highest BCUT2D eigenvalue weighted by molar-refractivity contribution is 5.87. The molecule has 0 fully saturated rings. The van der Waals surface area contributed by atoms with E-state index in [1.54, 1.807) is 35.0 Å². The predicted molar refractivity (Wildman–Crippen MR) is 125 cm³/mol. The quantitative estimate of drug-likeness (QED) is 0.290. The van der Waals surface area contributed by atoms with Gasteiger partial charge in [0.05, 0.1) is 32.4 Å². The monoisotopic (exact) mass is 453 g/mol. The Morgan fingerprint density at radius 1 is 0.882 bits per heavy atom. The van der Waals surface area contributed by atoms with Crippen LogP contribution in [-0.4, -0.2) is 35.0 Å². The zero-order chi connectivity index (χ0) is 23.7. The second-order valence-electron chi connectivity index (χ2n) is 7.34. The lowest BCUT2D eigenvalue weighted by Gasteiger charge is -2.07. The molecule has 0 spiro atoms. The Hall–Kier alpha value is -5.19. The lowest BCUT2D eigenvalue weighted by Crippen LogP contribution is -2.02. The number of aromatic amines is 1. The maximum atomic E-state index is 11.0. The van der Waals surface area contributed by atoms with E-state index < -0.39 is 9.85 Å². The first kappa shape index (κ1) is 20.7. The molecule has 0 aliphatic heterocycles. The number of nitrogens with zero attached hydrogens (tertiary/aromatic N) is 6. The fourth-order valence-electron chi connectivity index (χ4n) is 3.50. The normalized spacial score (nSPS) is 11.6. The Morgan fingerprint density at radius 2 is 1.53 bits per heavy atom. The van der Waals surface area contributed by atoms with E-state index in [-0.39, 0.29) is 11.4 Å². The molecule has 3 aromatic carbocycles. The van der Waals surface area contributed by atoms with Gasteiger partial charge in [0.1, 0.15) is 5.52 Å². The standard InChI is InChI=1S/C23H15N7O4/c31-29(32)17-9-5-15(6-10-17)13-23(28-22-4-2-1-3-19(22)26-27-28)21-14-20(24-25-21)16-7-11-18(12-8-16)30(33)34/h1-14H,(H,24,25)/b23-13+. The van der Waals surface area contributed by atoms with Crippen molar-refractivity contribution in [1.29, 1.82) is 0 Å². The van der Waals surface area contributed by atoms with Gasteiger partial charge in [0.15, 0.2) is 0 Å². The summed E-state index contributed by atoms with van der Waals surface area (Å²) in [6.45, 7) is 0. The number of nitro benzene ring substituents is 2. The molecule has 11 nitrogen and oxygen atoms in total. The molecule has 5 aromatic rings. The number of para-hydroxylation sites is 1. The molecular formula is C23H15N7O4. The van der Waals surface area contributed by atoms with E-state index in [0.29, 0.717) is 33.7 Å². The van der Waals surface area contributed by atoms with Crippen molar-refractivity contribution in [3.63, 3.8) is 0 Å². The molecule has 2 heterocycles. The van der Waals surface area contributed by atoms with Gasteiger partial charge in [-0.2, -0.15) is 5.10 Å². The van der Waals surface area contributed by atoms with Gasteiger partial charge in [0.2, 0.25) is 0 Å². The molecule has 0 saturated carbocycles. The molecule has 11 heteroatoms. The van der Waals surface area contributed by atoms with Crippen molar-refractivity contribution in [3.8, 4) is 11.3 Å². The van der Waals surface area contributed by atoms with Crippen LogP contribution < -0.4 is 0 Å². The van der Waals surface area contributed by atoms with Crippen molar-refractivity contribution >= 4 is 34.2 Å². The van der Waals surface area contributed by atoms with Gasteiger partial charge in [-0.1, -0.05) is 17.3 Å². The number of nitrogens with one attached hydrogen (secondary N) is 1. The number of nitro groups is 2. The smallest absolute Gasteiger partial charge is 0.269 e. The molecule has 166 valence electrons. The van der Waals surface area contributed by atoms with Crippen LogP contribution in [0, 0.1) is 20.2 Å². The zero-order valence-electron chi connectivity index (χ0n) is 17.4. The third kappa shape index (κ3) is 3.88. The number of rotatable bonds is 6. The van der Waals surface area contributed by atoms with Crippen molar-refractivity contribution in [2.75, 3.05) is 0 Å². The first-order valence-corrected chi connectivity index (χ1v) is 10.1. The first-order valence-electron chi connectivity index (χ1n) is 10.1. The summed E-state index contributed by atoms with van der Waals surface area (Å²) in [4.78, 5) is 21.0. The van der Waals surface area contributed by atoms with E-state index in [2.05, 4.69) is 20.5 Å². The number of aromatic nitrogens is 5. The minimum atomic E-state index is -0.458. The fraction of sp³-hybridized carbons (Fsp3) is 0. The van der Waals surface area contributed by atoms with Crippen LogP contribution in [-0.2, 0) is 0 Å². The lowest BCUT2D eigenvalue weighted by atomic mass is 10.1. The molecule has 0 atom stereocenters. The topological polar surface area (TPSA) is 146 Å². The Kier molecular flexibility index (Phi) is 5.11. The van der Waals surface area contributed by atoms with E-state index >= 15 is 0 Å². The van der Waals surface area contributed by atoms with Crippen LogP contribution in [0.15, 0.2) is 78.9 Å². The number of benzene rings is 3. The van der Waals surface area contributed by atoms with Gasteiger partial charge in [-0.05, 0) is 54.1 Å². The molecule has 0 radical (unpaired) electrons. The molecular weight excluding hydrogens is 438 g/mol. The molecule has 0 saturated heterocycles. The highest BCUT2D eigenvalue weighted by Gasteiger charge is 2.16.